The van der Waals surface area contributed by atoms with Crippen LogP contribution in [0.2, 0.25) is 0 Å². The van der Waals surface area contributed by atoms with Gasteiger partial charge in [-0.2, -0.15) is 11.3 Å². The Labute approximate surface area is 130 Å². The van der Waals surface area contributed by atoms with Crippen LogP contribution in [0.25, 0.3) is 0 Å². The third-order valence-electron chi connectivity index (χ3n) is 4.45. The molecule has 2 aliphatic rings. The van der Waals surface area contributed by atoms with Gasteiger partial charge in [0.1, 0.15) is 0 Å². The van der Waals surface area contributed by atoms with E-state index in [1.165, 1.54) is 0 Å². The lowest BCUT2D eigenvalue weighted by molar-refractivity contribution is -0.143. The number of morpholine rings is 1. The van der Waals surface area contributed by atoms with Crippen molar-refractivity contribution in [3.05, 3.63) is 22.4 Å². The highest BCUT2D eigenvalue weighted by Gasteiger charge is 2.42. The summed E-state index contributed by atoms with van der Waals surface area (Å²) in [6.45, 7) is 4.96. The first-order valence-electron chi connectivity index (χ1n) is 7.77. The second-order valence-corrected chi connectivity index (χ2v) is 6.65. The SMILES string of the molecule is CCOC[C@@H]1C[C@H]2OCCN(C(=O)Cc3ccsc3)[C@H]2C1. The summed E-state index contributed by atoms with van der Waals surface area (Å²) in [6, 6.07) is 2.28. The molecule has 1 aliphatic carbocycles. The van der Waals surface area contributed by atoms with Crippen molar-refractivity contribution in [2.45, 2.75) is 38.3 Å². The first kappa shape index (κ1) is 15.0. The molecule has 1 amide bonds. The van der Waals surface area contributed by atoms with Gasteiger partial charge in [0.15, 0.2) is 0 Å². The molecular weight excluding hydrogens is 286 g/mol. The molecule has 21 heavy (non-hydrogen) atoms. The van der Waals surface area contributed by atoms with Gasteiger partial charge in [-0.05, 0) is 48.1 Å². The zero-order chi connectivity index (χ0) is 14.7. The molecule has 0 aromatic carbocycles. The molecule has 1 saturated carbocycles. The predicted molar refractivity (Wildman–Crippen MR) is 82.5 cm³/mol. The molecule has 0 bridgehead atoms. The number of amides is 1. The highest BCUT2D eigenvalue weighted by atomic mass is 32.1. The monoisotopic (exact) mass is 309 g/mol. The zero-order valence-electron chi connectivity index (χ0n) is 12.5. The Kier molecular flexibility index (Phi) is 4.93. The second-order valence-electron chi connectivity index (χ2n) is 5.87. The molecular formula is C16H23NO3S. The summed E-state index contributed by atoms with van der Waals surface area (Å²) in [5.74, 6) is 0.762. The predicted octanol–water partition coefficient (Wildman–Crippen LogP) is 2.33. The molecule has 2 heterocycles. The molecule has 3 rings (SSSR count). The summed E-state index contributed by atoms with van der Waals surface area (Å²) >= 11 is 1.65. The summed E-state index contributed by atoms with van der Waals surface area (Å²) in [6.07, 6.45) is 2.76. The van der Waals surface area contributed by atoms with Crippen molar-refractivity contribution in [2.75, 3.05) is 26.4 Å². The zero-order valence-corrected chi connectivity index (χ0v) is 13.3. The number of hydrogen-bond acceptors (Lipinski definition) is 4. The molecule has 2 fully saturated rings. The molecule has 0 radical (unpaired) electrons. The van der Waals surface area contributed by atoms with Crippen LogP contribution in [-0.2, 0) is 20.7 Å². The van der Waals surface area contributed by atoms with Gasteiger partial charge >= 0.3 is 0 Å². The van der Waals surface area contributed by atoms with Crippen molar-refractivity contribution < 1.29 is 14.3 Å². The molecule has 116 valence electrons. The fourth-order valence-electron chi connectivity index (χ4n) is 3.45. The lowest BCUT2D eigenvalue weighted by atomic mass is 10.1. The molecule has 1 aromatic heterocycles. The van der Waals surface area contributed by atoms with Crippen LogP contribution in [0.3, 0.4) is 0 Å². The van der Waals surface area contributed by atoms with Gasteiger partial charge in [0.05, 0.1) is 25.2 Å². The number of hydrogen-bond donors (Lipinski definition) is 0. The minimum atomic E-state index is 0.204. The number of carbonyl (C=O) groups excluding carboxylic acids is 1. The van der Waals surface area contributed by atoms with E-state index in [0.717, 1.165) is 38.2 Å². The van der Waals surface area contributed by atoms with Crippen LogP contribution >= 0.6 is 11.3 Å². The van der Waals surface area contributed by atoms with E-state index in [-0.39, 0.29) is 18.1 Å². The Morgan fingerprint density at radius 2 is 2.43 bits per heavy atom. The van der Waals surface area contributed by atoms with Gasteiger partial charge in [-0.3, -0.25) is 4.79 Å². The highest BCUT2D eigenvalue weighted by Crippen LogP contribution is 2.34. The number of rotatable bonds is 5. The lowest BCUT2D eigenvalue weighted by Gasteiger charge is -2.37. The molecule has 1 aromatic rings. The van der Waals surface area contributed by atoms with Crippen LogP contribution in [-0.4, -0.2) is 49.3 Å². The normalized spacial score (nSPS) is 28.6. The molecule has 3 atom stereocenters. The van der Waals surface area contributed by atoms with E-state index in [9.17, 15) is 4.79 Å². The minimum Gasteiger partial charge on any atom is -0.381 e. The number of thiophene rings is 1. The molecule has 5 heteroatoms. The van der Waals surface area contributed by atoms with Crippen LogP contribution in [0.4, 0.5) is 0 Å². The van der Waals surface area contributed by atoms with E-state index >= 15 is 0 Å². The smallest absolute Gasteiger partial charge is 0.227 e. The topological polar surface area (TPSA) is 38.8 Å². The summed E-state index contributed by atoms with van der Waals surface area (Å²) in [5, 5.41) is 4.08. The van der Waals surface area contributed by atoms with Crippen LogP contribution in [0, 0.1) is 5.92 Å². The first-order chi connectivity index (χ1) is 10.3. The van der Waals surface area contributed by atoms with Gasteiger partial charge in [-0.25, -0.2) is 0 Å². The highest BCUT2D eigenvalue weighted by molar-refractivity contribution is 7.07. The summed E-state index contributed by atoms with van der Waals surface area (Å²) in [5.41, 5.74) is 1.12. The average Bonchev–Trinajstić information content (AvgIpc) is 3.12. The fourth-order valence-corrected chi connectivity index (χ4v) is 4.12. The molecule has 4 nitrogen and oxygen atoms in total. The van der Waals surface area contributed by atoms with E-state index < -0.39 is 0 Å². The van der Waals surface area contributed by atoms with E-state index in [4.69, 9.17) is 9.47 Å². The Morgan fingerprint density at radius 1 is 1.52 bits per heavy atom. The molecule has 0 unspecified atom stereocenters. The van der Waals surface area contributed by atoms with E-state index in [1.807, 2.05) is 18.4 Å². The maximum absolute atomic E-state index is 12.6. The lowest BCUT2D eigenvalue weighted by Crippen LogP contribution is -2.51. The van der Waals surface area contributed by atoms with Crippen LogP contribution in [0.5, 0.6) is 0 Å². The number of ether oxygens (including phenoxy) is 2. The standard InChI is InChI=1S/C16H23NO3S/c1-2-19-10-13-7-14-15(8-13)20-5-4-17(14)16(18)9-12-3-6-21-11-12/h3,6,11,13-15H,2,4-5,7-10H2,1H3/t13-,14-,15+/m0/s1. The Bertz CT molecular complexity index is 462. The van der Waals surface area contributed by atoms with Crippen molar-refractivity contribution in [1.29, 1.82) is 0 Å². The Balaban J connectivity index is 1.61. The Hall–Kier alpha value is -0.910. The van der Waals surface area contributed by atoms with Crippen molar-refractivity contribution in [1.82, 2.24) is 4.90 Å². The third-order valence-corrected chi connectivity index (χ3v) is 5.18. The van der Waals surface area contributed by atoms with E-state index in [0.29, 0.717) is 18.9 Å². The van der Waals surface area contributed by atoms with Crippen LogP contribution < -0.4 is 0 Å². The van der Waals surface area contributed by atoms with Gasteiger partial charge in [-0.15, -0.1) is 0 Å². The van der Waals surface area contributed by atoms with E-state index in [1.54, 1.807) is 11.3 Å². The maximum Gasteiger partial charge on any atom is 0.227 e. The molecule has 1 aliphatic heterocycles. The largest absolute Gasteiger partial charge is 0.381 e. The number of fused-ring (bicyclic) bond motifs is 1. The fraction of sp³-hybridized carbons (Fsp3) is 0.688. The van der Waals surface area contributed by atoms with Gasteiger partial charge in [0.2, 0.25) is 5.91 Å². The second kappa shape index (κ2) is 6.90. The van der Waals surface area contributed by atoms with Gasteiger partial charge in [0.25, 0.3) is 0 Å². The molecule has 0 N–H and O–H groups in total. The summed E-state index contributed by atoms with van der Waals surface area (Å²) in [4.78, 5) is 14.6. The quantitative estimate of drug-likeness (QED) is 0.838. The summed E-state index contributed by atoms with van der Waals surface area (Å²) < 4.78 is 11.4. The van der Waals surface area contributed by atoms with Crippen molar-refractivity contribution >= 4 is 17.2 Å². The van der Waals surface area contributed by atoms with Crippen LogP contribution in [0.15, 0.2) is 16.8 Å². The molecule has 1 saturated heterocycles. The van der Waals surface area contributed by atoms with E-state index in [2.05, 4.69) is 10.3 Å². The summed E-state index contributed by atoms with van der Waals surface area (Å²) in [7, 11) is 0. The molecule has 0 spiro atoms. The first-order valence-corrected chi connectivity index (χ1v) is 8.72. The Morgan fingerprint density at radius 3 is 3.19 bits per heavy atom. The van der Waals surface area contributed by atoms with Gasteiger partial charge in [-0.1, -0.05) is 0 Å². The minimum absolute atomic E-state index is 0.204. The number of nitrogens with zero attached hydrogens (tertiary/aromatic N) is 1. The van der Waals surface area contributed by atoms with Gasteiger partial charge in [0, 0.05) is 19.8 Å². The van der Waals surface area contributed by atoms with Crippen molar-refractivity contribution in [3.63, 3.8) is 0 Å². The maximum atomic E-state index is 12.6. The number of carbonyl (C=O) groups is 1. The van der Waals surface area contributed by atoms with Crippen LogP contribution in [0.1, 0.15) is 25.3 Å². The van der Waals surface area contributed by atoms with Crippen molar-refractivity contribution in [2.24, 2.45) is 5.92 Å². The van der Waals surface area contributed by atoms with Crippen molar-refractivity contribution in [3.8, 4) is 0 Å². The average molecular weight is 309 g/mol. The van der Waals surface area contributed by atoms with Gasteiger partial charge < -0.3 is 14.4 Å². The third kappa shape index (κ3) is 3.47.